The van der Waals surface area contributed by atoms with Crippen LogP contribution in [0.1, 0.15) is 11.8 Å². The number of ether oxygens (including phenoxy) is 2. The molecule has 0 saturated heterocycles. The van der Waals surface area contributed by atoms with Gasteiger partial charge in [0.15, 0.2) is 5.75 Å². The van der Waals surface area contributed by atoms with E-state index in [0.29, 0.717) is 17.2 Å². The first-order valence-corrected chi connectivity index (χ1v) is 7.31. The molecule has 0 saturated carbocycles. The number of benzene rings is 1. The molecule has 2 aromatic rings. The predicted molar refractivity (Wildman–Crippen MR) is 76.3 cm³/mol. The Bertz CT molecular complexity index is 614. The molecule has 20 heavy (non-hydrogen) atoms. The molecule has 0 spiro atoms. The molecule has 1 N–H and O–H groups in total. The van der Waals surface area contributed by atoms with Crippen molar-refractivity contribution in [3.8, 4) is 11.5 Å². The Balaban J connectivity index is 1.85. The van der Waals surface area contributed by atoms with E-state index in [0.717, 1.165) is 10.6 Å². The third-order valence-corrected chi connectivity index (χ3v) is 4.48. The molecule has 1 aromatic carbocycles. The van der Waals surface area contributed by atoms with E-state index in [2.05, 4.69) is 5.10 Å². The van der Waals surface area contributed by atoms with E-state index in [-0.39, 0.29) is 6.10 Å². The van der Waals surface area contributed by atoms with Crippen LogP contribution >= 0.6 is 11.8 Å². The molecular weight excluding hydrogens is 276 g/mol. The first kappa shape index (κ1) is 13.3. The molecule has 5 nitrogen and oxygen atoms in total. The van der Waals surface area contributed by atoms with Crippen LogP contribution in [0.5, 0.6) is 11.5 Å². The number of aryl methyl sites for hydroxylation is 1. The molecule has 6 heteroatoms. The summed E-state index contributed by atoms with van der Waals surface area (Å²) >= 11 is 1.69. The van der Waals surface area contributed by atoms with Crippen LogP contribution in [0.4, 0.5) is 0 Å². The maximum atomic E-state index is 10.6. The van der Waals surface area contributed by atoms with Crippen LogP contribution in [0.3, 0.4) is 0 Å². The van der Waals surface area contributed by atoms with Crippen LogP contribution in [0.25, 0.3) is 0 Å². The Hall–Kier alpha value is -1.66. The minimum atomic E-state index is -0.779. The van der Waals surface area contributed by atoms with Crippen molar-refractivity contribution in [3.05, 3.63) is 36.2 Å². The van der Waals surface area contributed by atoms with Crippen LogP contribution in [-0.4, -0.2) is 33.9 Å². The lowest BCUT2D eigenvalue weighted by atomic mass is 10.1. The van der Waals surface area contributed by atoms with Crippen LogP contribution in [0.2, 0.25) is 0 Å². The Morgan fingerprint density at radius 2 is 2.30 bits per heavy atom. The van der Waals surface area contributed by atoms with Gasteiger partial charge in [-0.2, -0.15) is 5.10 Å². The minimum Gasteiger partial charge on any atom is -0.493 e. The number of rotatable bonds is 3. The zero-order valence-electron chi connectivity index (χ0n) is 11.3. The third-order valence-electron chi connectivity index (χ3n) is 3.33. The van der Waals surface area contributed by atoms with Crippen LogP contribution < -0.4 is 9.47 Å². The van der Waals surface area contributed by atoms with Crippen molar-refractivity contribution in [3.63, 3.8) is 0 Å². The zero-order chi connectivity index (χ0) is 14.1. The summed E-state index contributed by atoms with van der Waals surface area (Å²) in [5.41, 5.74) is 0.637. The van der Waals surface area contributed by atoms with Crippen molar-refractivity contribution in [1.82, 2.24) is 9.78 Å². The molecule has 1 aliphatic heterocycles. The summed E-state index contributed by atoms with van der Waals surface area (Å²) in [7, 11) is 3.35. The molecule has 0 fully saturated rings. The molecule has 0 amide bonds. The van der Waals surface area contributed by atoms with Gasteiger partial charge in [0.05, 0.1) is 13.3 Å². The summed E-state index contributed by atoms with van der Waals surface area (Å²) in [5.74, 6) is 2.08. The summed E-state index contributed by atoms with van der Waals surface area (Å²) in [5, 5.41) is 14.7. The normalized spacial score (nSPS) is 19.1. The average Bonchev–Trinajstić information content (AvgIpc) is 2.87. The van der Waals surface area contributed by atoms with Crippen LogP contribution in [0, 0.1) is 0 Å². The van der Waals surface area contributed by atoms with Crippen molar-refractivity contribution in [1.29, 1.82) is 0 Å². The molecule has 0 bridgehead atoms. The second kappa shape index (κ2) is 5.38. The van der Waals surface area contributed by atoms with Gasteiger partial charge in [-0.3, -0.25) is 4.68 Å². The van der Waals surface area contributed by atoms with E-state index < -0.39 is 6.10 Å². The Kier molecular flexibility index (Phi) is 3.58. The average molecular weight is 292 g/mol. The van der Waals surface area contributed by atoms with Gasteiger partial charge in [-0.1, -0.05) is 12.1 Å². The molecule has 3 rings (SSSR count). The van der Waals surface area contributed by atoms with E-state index in [1.54, 1.807) is 36.8 Å². The predicted octanol–water partition coefficient (Wildman–Crippen LogP) is 2.02. The SMILES string of the molecule is COc1cnn(C)c1C(O)C1CSc2ccccc2O1. The van der Waals surface area contributed by atoms with Crippen molar-refractivity contribution >= 4 is 11.8 Å². The molecule has 1 aliphatic rings. The number of hydrogen-bond acceptors (Lipinski definition) is 5. The minimum absolute atomic E-state index is 0.320. The van der Waals surface area contributed by atoms with Crippen molar-refractivity contribution < 1.29 is 14.6 Å². The summed E-state index contributed by atoms with van der Waals surface area (Å²) in [4.78, 5) is 1.10. The van der Waals surface area contributed by atoms with Crippen molar-refractivity contribution in [2.45, 2.75) is 17.1 Å². The topological polar surface area (TPSA) is 56.5 Å². The smallest absolute Gasteiger partial charge is 0.162 e. The molecule has 2 atom stereocenters. The fourth-order valence-corrected chi connectivity index (χ4v) is 3.32. The number of aliphatic hydroxyl groups excluding tert-OH is 1. The maximum Gasteiger partial charge on any atom is 0.162 e. The standard InChI is InChI=1S/C14H16N2O3S/c1-16-13(10(18-2)7-15-16)14(17)11-8-20-12-6-4-3-5-9(12)19-11/h3-7,11,14,17H,8H2,1-2H3. The largest absolute Gasteiger partial charge is 0.493 e. The molecule has 2 heterocycles. The van der Waals surface area contributed by atoms with Crippen molar-refractivity contribution in [2.75, 3.05) is 12.9 Å². The molecule has 0 aliphatic carbocycles. The number of thioether (sulfide) groups is 1. The summed E-state index contributed by atoms with van der Waals surface area (Å²) in [6.07, 6.45) is 0.500. The Morgan fingerprint density at radius 3 is 3.10 bits per heavy atom. The highest BCUT2D eigenvalue weighted by molar-refractivity contribution is 7.99. The van der Waals surface area contributed by atoms with Crippen LogP contribution in [0.15, 0.2) is 35.4 Å². The molecule has 1 aromatic heterocycles. The zero-order valence-corrected chi connectivity index (χ0v) is 12.1. The summed E-state index contributed by atoms with van der Waals surface area (Å²) < 4.78 is 12.8. The van der Waals surface area contributed by atoms with Gasteiger partial charge in [-0.25, -0.2) is 0 Å². The van der Waals surface area contributed by atoms with Crippen LogP contribution in [-0.2, 0) is 7.05 Å². The quantitative estimate of drug-likeness (QED) is 0.938. The number of para-hydroxylation sites is 1. The first-order valence-electron chi connectivity index (χ1n) is 6.33. The molecular formula is C14H16N2O3S. The van der Waals surface area contributed by atoms with Crippen molar-refractivity contribution in [2.24, 2.45) is 7.05 Å². The van der Waals surface area contributed by atoms with E-state index in [4.69, 9.17) is 9.47 Å². The van der Waals surface area contributed by atoms with E-state index in [9.17, 15) is 5.11 Å². The van der Waals surface area contributed by atoms with Gasteiger partial charge in [0, 0.05) is 17.7 Å². The maximum absolute atomic E-state index is 10.6. The monoisotopic (exact) mass is 292 g/mol. The van der Waals surface area contributed by atoms with Gasteiger partial charge in [-0.15, -0.1) is 11.8 Å². The molecule has 0 radical (unpaired) electrons. The van der Waals surface area contributed by atoms with E-state index in [1.165, 1.54) is 0 Å². The van der Waals surface area contributed by atoms with Gasteiger partial charge >= 0.3 is 0 Å². The number of nitrogens with zero attached hydrogens (tertiary/aromatic N) is 2. The fourth-order valence-electron chi connectivity index (χ4n) is 2.29. The number of aliphatic hydroxyl groups is 1. The lowest BCUT2D eigenvalue weighted by molar-refractivity contribution is 0.0387. The lowest BCUT2D eigenvalue weighted by Crippen LogP contribution is -2.31. The van der Waals surface area contributed by atoms with Gasteiger partial charge in [0.2, 0.25) is 0 Å². The number of fused-ring (bicyclic) bond motifs is 1. The highest BCUT2D eigenvalue weighted by Gasteiger charge is 2.31. The lowest BCUT2D eigenvalue weighted by Gasteiger charge is -2.29. The third kappa shape index (κ3) is 2.25. The highest BCUT2D eigenvalue weighted by atomic mass is 32.2. The summed E-state index contributed by atoms with van der Waals surface area (Å²) in [6, 6.07) is 7.85. The fraction of sp³-hybridized carbons (Fsp3) is 0.357. The van der Waals surface area contributed by atoms with Gasteiger partial charge in [0.1, 0.15) is 23.7 Å². The number of aromatic nitrogens is 2. The second-order valence-electron chi connectivity index (χ2n) is 4.58. The van der Waals surface area contributed by atoms with E-state index >= 15 is 0 Å². The second-order valence-corrected chi connectivity index (χ2v) is 5.64. The first-order chi connectivity index (χ1) is 9.70. The molecule has 2 unspecified atom stereocenters. The van der Waals surface area contributed by atoms with Gasteiger partial charge < -0.3 is 14.6 Å². The number of hydrogen-bond donors (Lipinski definition) is 1. The van der Waals surface area contributed by atoms with Gasteiger partial charge in [-0.05, 0) is 12.1 Å². The van der Waals surface area contributed by atoms with Gasteiger partial charge in [0.25, 0.3) is 0 Å². The summed E-state index contributed by atoms with van der Waals surface area (Å²) in [6.45, 7) is 0. The Morgan fingerprint density at radius 1 is 1.50 bits per heavy atom. The highest BCUT2D eigenvalue weighted by Crippen LogP contribution is 2.39. The van der Waals surface area contributed by atoms with E-state index in [1.807, 2.05) is 24.3 Å². The number of methoxy groups -OCH3 is 1. The molecule has 106 valence electrons. The Labute approximate surface area is 121 Å².